The molecule has 0 saturated carbocycles. The Hall–Kier alpha value is -1.56. The number of pyridine rings is 1. The van der Waals surface area contributed by atoms with Gasteiger partial charge in [-0.25, -0.2) is 4.79 Å². The van der Waals surface area contributed by atoms with Crippen LogP contribution in [0.4, 0.5) is 4.79 Å². The summed E-state index contributed by atoms with van der Waals surface area (Å²) in [5.74, 6) is 0.185. The molecule has 0 bridgehead atoms. The molecule has 5 nitrogen and oxygen atoms in total. The van der Waals surface area contributed by atoms with Crippen molar-refractivity contribution in [1.82, 2.24) is 9.38 Å². The number of nitrogens with two attached hydrogens (primary N) is 1. The molecule has 2 aromatic heterocycles. The van der Waals surface area contributed by atoms with Crippen LogP contribution in [0.2, 0.25) is 0 Å². The fourth-order valence-electron chi connectivity index (χ4n) is 1.11. The van der Waals surface area contributed by atoms with Crippen LogP contribution in [0.25, 0.3) is 5.65 Å². The Morgan fingerprint density at radius 1 is 1.57 bits per heavy atom. The van der Waals surface area contributed by atoms with Crippen LogP contribution in [0, 0.1) is 0 Å². The van der Waals surface area contributed by atoms with Crippen molar-refractivity contribution in [2.45, 2.75) is 0 Å². The van der Waals surface area contributed by atoms with Gasteiger partial charge in [0.25, 0.3) is 0 Å². The largest absolute Gasteiger partial charge is 0.411 e. The lowest BCUT2D eigenvalue weighted by atomic mass is 10.5. The predicted molar refractivity (Wildman–Crippen MR) is 53.1 cm³/mol. The van der Waals surface area contributed by atoms with Gasteiger partial charge >= 0.3 is 6.09 Å². The molecule has 0 radical (unpaired) electrons. The van der Waals surface area contributed by atoms with Crippen LogP contribution in [0.1, 0.15) is 0 Å². The van der Waals surface area contributed by atoms with E-state index in [1.54, 1.807) is 16.7 Å². The highest BCUT2D eigenvalue weighted by Gasteiger charge is 2.06. The molecule has 0 unspecified atom stereocenters. The third kappa shape index (κ3) is 1.56. The molecule has 0 aliphatic carbocycles. The van der Waals surface area contributed by atoms with E-state index < -0.39 is 6.09 Å². The van der Waals surface area contributed by atoms with Gasteiger partial charge in [0.15, 0.2) is 0 Å². The van der Waals surface area contributed by atoms with E-state index in [2.05, 4.69) is 25.7 Å². The summed E-state index contributed by atoms with van der Waals surface area (Å²) in [4.78, 5) is 14.5. The van der Waals surface area contributed by atoms with Gasteiger partial charge in [0.2, 0.25) is 5.88 Å². The molecule has 2 aromatic rings. The molecule has 0 saturated heterocycles. The number of aromatic nitrogens is 2. The van der Waals surface area contributed by atoms with Gasteiger partial charge in [0.1, 0.15) is 5.65 Å². The number of carbonyl (C=O) groups excluding carboxylic acids is 1. The summed E-state index contributed by atoms with van der Waals surface area (Å²) in [6, 6.07) is 5.47. The highest BCUT2D eigenvalue weighted by molar-refractivity contribution is 9.10. The van der Waals surface area contributed by atoms with E-state index in [0.717, 1.165) is 4.60 Å². The van der Waals surface area contributed by atoms with Gasteiger partial charge in [-0.3, -0.25) is 4.40 Å². The smallest absolute Gasteiger partial charge is 0.390 e. The second-order valence-electron chi connectivity index (χ2n) is 2.58. The molecule has 0 aromatic carbocycles. The summed E-state index contributed by atoms with van der Waals surface area (Å²) >= 11 is 3.33. The molecule has 0 atom stereocenters. The highest BCUT2D eigenvalue weighted by Crippen LogP contribution is 2.17. The van der Waals surface area contributed by atoms with Gasteiger partial charge in [-0.1, -0.05) is 6.07 Å². The van der Waals surface area contributed by atoms with Gasteiger partial charge in [-0.15, -0.1) is 0 Å². The number of fused-ring (bicyclic) bond motifs is 1. The van der Waals surface area contributed by atoms with E-state index in [-0.39, 0.29) is 5.88 Å². The first-order valence-electron chi connectivity index (χ1n) is 3.78. The first kappa shape index (κ1) is 9.01. The minimum atomic E-state index is -0.871. The standard InChI is InChI=1S/C8H6BrN3O2/c9-5-2-1-3-6-11-7(4-12(5)6)14-8(10)13/h1-4H,(H2,10,13). The molecule has 0 fully saturated rings. The maximum absolute atomic E-state index is 10.5. The zero-order valence-corrected chi connectivity index (χ0v) is 8.56. The van der Waals surface area contributed by atoms with Gasteiger partial charge in [-0.2, -0.15) is 4.98 Å². The van der Waals surface area contributed by atoms with E-state index in [1.165, 1.54) is 0 Å². The Balaban J connectivity index is 2.51. The Labute approximate surface area is 87.6 Å². The fourth-order valence-corrected chi connectivity index (χ4v) is 1.54. The van der Waals surface area contributed by atoms with Crippen LogP contribution in [-0.4, -0.2) is 15.5 Å². The van der Waals surface area contributed by atoms with E-state index in [0.29, 0.717) is 5.65 Å². The summed E-state index contributed by atoms with van der Waals surface area (Å²) in [6.45, 7) is 0. The second kappa shape index (κ2) is 3.30. The number of primary amides is 1. The van der Waals surface area contributed by atoms with Crippen molar-refractivity contribution >= 4 is 27.7 Å². The van der Waals surface area contributed by atoms with Crippen LogP contribution >= 0.6 is 15.9 Å². The van der Waals surface area contributed by atoms with Crippen molar-refractivity contribution < 1.29 is 9.53 Å². The molecule has 14 heavy (non-hydrogen) atoms. The van der Waals surface area contributed by atoms with E-state index in [9.17, 15) is 4.79 Å². The van der Waals surface area contributed by atoms with Crippen molar-refractivity contribution in [2.24, 2.45) is 5.73 Å². The van der Waals surface area contributed by atoms with Crippen molar-refractivity contribution in [3.05, 3.63) is 29.0 Å². The Bertz CT molecular complexity index is 494. The topological polar surface area (TPSA) is 69.6 Å². The number of ether oxygens (including phenoxy) is 1. The number of hydrogen-bond acceptors (Lipinski definition) is 3. The third-order valence-corrected chi connectivity index (χ3v) is 2.27. The second-order valence-corrected chi connectivity index (χ2v) is 3.39. The average molecular weight is 256 g/mol. The van der Waals surface area contributed by atoms with Gasteiger partial charge in [0.05, 0.1) is 10.8 Å². The Morgan fingerprint density at radius 3 is 3.00 bits per heavy atom. The zero-order chi connectivity index (χ0) is 10.1. The van der Waals surface area contributed by atoms with Crippen LogP contribution in [0.15, 0.2) is 29.0 Å². The van der Waals surface area contributed by atoms with Crippen LogP contribution in [0.5, 0.6) is 5.88 Å². The van der Waals surface area contributed by atoms with E-state index >= 15 is 0 Å². The number of amides is 1. The highest BCUT2D eigenvalue weighted by atomic mass is 79.9. The quantitative estimate of drug-likeness (QED) is 0.787. The molecule has 0 aliphatic heterocycles. The van der Waals surface area contributed by atoms with E-state index in [1.807, 2.05) is 12.1 Å². The number of rotatable bonds is 1. The van der Waals surface area contributed by atoms with E-state index in [4.69, 9.17) is 5.73 Å². The molecular weight excluding hydrogens is 250 g/mol. The zero-order valence-electron chi connectivity index (χ0n) is 6.98. The molecule has 1 amide bonds. The SMILES string of the molecule is NC(=O)Oc1cn2c(Br)cccc2n1. The molecule has 0 spiro atoms. The number of imidazole rings is 1. The molecular formula is C8H6BrN3O2. The van der Waals surface area contributed by atoms with Crippen molar-refractivity contribution in [1.29, 1.82) is 0 Å². The lowest BCUT2D eigenvalue weighted by molar-refractivity contribution is 0.209. The summed E-state index contributed by atoms with van der Waals surface area (Å²) in [7, 11) is 0. The van der Waals surface area contributed by atoms with Gasteiger partial charge in [0, 0.05) is 0 Å². The lowest BCUT2D eigenvalue weighted by Crippen LogP contribution is -2.16. The number of nitrogens with zero attached hydrogens (tertiary/aromatic N) is 2. The molecule has 6 heteroatoms. The first-order chi connectivity index (χ1) is 6.66. The predicted octanol–water partition coefficient (Wildman–Crippen LogP) is 1.55. The number of hydrogen-bond donors (Lipinski definition) is 1. The Morgan fingerprint density at radius 2 is 2.36 bits per heavy atom. The molecule has 72 valence electrons. The summed E-state index contributed by atoms with van der Waals surface area (Å²) in [5.41, 5.74) is 5.54. The molecule has 0 aliphatic rings. The number of carbonyl (C=O) groups is 1. The molecule has 2 rings (SSSR count). The van der Waals surface area contributed by atoms with Gasteiger partial charge < -0.3 is 10.5 Å². The normalized spacial score (nSPS) is 10.4. The maximum atomic E-state index is 10.5. The van der Waals surface area contributed by atoms with Crippen molar-refractivity contribution in [3.63, 3.8) is 0 Å². The van der Waals surface area contributed by atoms with Crippen LogP contribution < -0.4 is 10.5 Å². The van der Waals surface area contributed by atoms with Crippen molar-refractivity contribution in [3.8, 4) is 5.88 Å². The number of halogens is 1. The monoisotopic (exact) mass is 255 g/mol. The average Bonchev–Trinajstić information content (AvgIpc) is 2.47. The maximum Gasteiger partial charge on any atom is 0.411 e. The molecule has 2 heterocycles. The molecule has 2 N–H and O–H groups in total. The van der Waals surface area contributed by atoms with Crippen molar-refractivity contribution in [2.75, 3.05) is 0 Å². The fraction of sp³-hybridized carbons (Fsp3) is 0. The van der Waals surface area contributed by atoms with Crippen LogP contribution in [-0.2, 0) is 0 Å². The Kier molecular flexibility index (Phi) is 2.12. The lowest BCUT2D eigenvalue weighted by Gasteiger charge is -1.93. The minimum Gasteiger partial charge on any atom is -0.390 e. The summed E-state index contributed by atoms with van der Waals surface area (Å²) < 4.78 is 7.20. The first-order valence-corrected chi connectivity index (χ1v) is 4.57. The summed E-state index contributed by atoms with van der Waals surface area (Å²) in [6.07, 6.45) is 0.703. The summed E-state index contributed by atoms with van der Waals surface area (Å²) in [5, 5.41) is 0. The van der Waals surface area contributed by atoms with Crippen LogP contribution in [0.3, 0.4) is 0 Å². The third-order valence-electron chi connectivity index (χ3n) is 1.63. The van der Waals surface area contributed by atoms with Gasteiger partial charge in [-0.05, 0) is 28.1 Å². The minimum absolute atomic E-state index is 0.185.